The van der Waals surface area contributed by atoms with E-state index in [1.54, 1.807) is 0 Å². The standard InChI is InChI=1S/C41H76N2O5S/c1-5-8-10-12-14-22-28-36-47-39(44)31-24-18-16-20-26-34-43(41(46)49-38-30-33-42(4)7-3)35-27-21-17-19-25-32-40(45)48-37-29-23-15-13-11-9-6-2/h22-23,28-29H,5-21,24-27,30-38H2,1-4H3/b28-22-,29-23-. The van der Waals surface area contributed by atoms with Gasteiger partial charge in [0.15, 0.2) is 0 Å². The van der Waals surface area contributed by atoms with Gasteiger partial charge in [-0.25, -0.2) is 0 Å². The van der Waals surface area contributed by atoms with Crippen LogP contribution in [0.5, 0.6) is 0 Å². The lowest BCUT2D eigenvalue weighted by Crippen LogP contribution is -2.30. The highest BCUT2D eigenvalue weighted by Gasteiger charge is 2.14. The van der Waals surface area contributed by atoms with E-state index in [9.17, 15) is 14.4 Å². The van der Waals surface area contributed by atoms with Crippen molar-refractivity contribution in [3.63, 3.8) is 0 Å². The Morgan fingerprint density at radius 2 is 0.980 bits per heavy atom. The molecule has 0 radical (unpaired) electrons. The summed E-state index contributed by atoms with van der Waals surface area (Å²) in [6.07, 6.45) is 32.3. The Morgan fingerprint density at radius 1 is 0.531 bits per heavy atom. The zero-order chi connectivity index (χ0) is 36.0. The molecule has 7 nitrogen and oxygen atoms in total. The van der Waals surface area contributed by atoms with Crippen molar-refractivity contribution in [1.82, 2.24) is 9.80 Å². The lowest BCUT2D eigenvalue weighted by atomic mass is 10.1. The smallest absolute Gasteiger partial charge is 0.306 e. The molecule has 286 valence electrons. The van der Waals surface area contributed by atoms with E-state index in [4.69, 9.17) is 9.47 Å². The summed E-state index contributed by atoms with van der Waals surface area (Å²) in [5, 5.41) is 0.203. The summed E-state index contributed by atoms with van der Waals surface area (Å²) in [4.78, 5) is 41.4. The van der Waals surface area contributed by atoms with E-state index >= 15 is 0 Å². The zero-order valence-corrected chi connectivity index (χ0v) is 33.2. The fourth-order valence-electron chi connectivity index (χ4n) is 5.42. The molecule has 0 fully saturated rings. The summed E-state index contributed by atoms with van der Waals surface area (Å²) >= 11 is 1.46. The third-order valence-electron chi connectivity index (χ3n) is 8.79. The highest BCUT2D eigenvalue weighted by molar-refractivity contribution is 8.13. The average molecular weight is 709 g/mol. The molecule has 0 atom stereocenters. The Kier molecular flexibility index (Phi) is 36.1. The first kappa shape index (κ1) is 47.2. The third-order valence-corrected chi connectivity index (χ3v) is 9.79. The second kappa shape index (κ2) is 37.5. The van der Waals surface area contributed by atoms with Gasteiger partial charge >= 0.3 is 11.9 Å². The highest BCUT2D eigenvalue weighted by atomic mass is 32.2. The Morgan fingerprint density at radius 3 is 1.45 bits per heavy atom. The van der Waals surface area contributed by atoms with Crippen molar-refractivity contribution < 1.29 is 23.9 Å². The predicted molar refractivity (Wildman–Crippen MR) is 210 cm³/mol. The Balaban J connectivity index is 4.18. The van der Waals surface area contributed by atoms with Gasteiger partial charge in [-0.05, 0) is 77.9 Å². The van der Waals surface area contributed by atoms with Gasteiger partial charge in [0.05, 0.1) is 0 Å². The number of esters is 2. The lowest BCUT2D eigenvalue weighted by Gasteiger charge is -2.22. The Hall–Kier alpha value is -1.80. The number of ether oxygens (including phenoxy) is 2. The molecule has 0 aliphatic heterocycles. The number of amides is 1. The zero-order valence-electron chi connectivity index (χ0n) is 32.4. The predicted octanol–water partition coefficient (Wildman–Crippen LogP) is 11.3. The Labute approximate surface area is 306 Å². The molecule has 0 bridgehead atoms. The normalized spacial score (nSPS) is 11.6. The number of thioether (sulfide) groups is 1. The van der Waals surface area contributed by atoms with Crippen molar-refractivity contribution in [2.75, 3.05) is 52.2 Å². The van der Waals surface area contributed by atoms with E-state index in [2.05, 4.69) is 49.8 Å². The fraction of sp³-hybridized carbons (Fsp3) is 0.829. The molecule has 0 rings (SSSR count). The maximum absolute atomic E-state index is 13.1. The Bertz CT molecular complexity index is 783. The number of unbranched alkanes of at least 4 members (excludes halogenated alkanes) is 16. The van der Waals surface area contributed by atoms with E-state index in [1.165, 1.54) is 63.1 Å². The van der Waals surface area contributed by atoms with E-state index < -0.39 is 0 Å². The summed E-state index contributed by atoms with van der Waals surface area (Å²) in [5.41, 5.74) is 0. The molecule has 0 aromatic heterocycles. The van der Waals surface area contributed by atoms with Crippen molar-refractivity contribution in [3.8, 4) is 0 Å². The number of carbonyl (C=O) groups excluding carboxylic acids is 3. The number of nitrogens with zero attached hydrogens (tertiary/aromatic N) is 2. The average Bonchev–Trinajstić information content (AvgIpc) is 3.10. The maximum Gasteiger partial charge on any atom is 0.306 e. The van der Waals surface area contributed by atoms with Crippen LogP contribution >= 0.6 is 11.8 Å². The maximum atomic E-state index is 13.1. The van der Waals surface area contributed by atoms with Crippen molar-refractivity contribution in [1.29, 1.82) is 0 Å². The van der Waals surface area contributed by atoms with Crippen molar-refractivity contribution in [2.24, 2.45) is 0 Å². The molecular weight excluding hydrogens is 633 g/mol. The van der Waals surface area contributed by atoms with Gasteiger partial charge in [-0.2, -0.15) is 0 Å². The van der Waals surface area contributed by atoms with E-state index in [0.717, 1.165) is 115 Å². The van der Waals surface area contributed by atoms with Gasteiger partial charge < -0.3 is 19.3 Å². The van der Waals surface area contributed by atoms with Crippen molar-refractivity contribution >= 4 is 28.9 Å². The van der Waals surface area contributed by atoms with Crippen LogP contribution in [0.3, 0.4) is 0 Å². The number of allylic oxidation sites excluding steroid dienone is 2. The van der Waals surface area contributed by atoms with Gasteiger partial charge in [0.1, 0.15) is 13.2 Å². The van der Waals surface area contributed by atoms with Crippen LogP contribution in [0.25, 0.3) is 0 Å². The van der Waals surface area contributed by atoms with Crippen LogP contribution in [0.4, 0.5) is 4.79 Å². The molecule has 0 aliphatic rings. The van der Waals surface area contributed by atoms with E-state index in [0.29, 0.717) is 26.1 Å². The molecule has 0 aliphatic carbocycles. The van der Waals surface area contributed by atoms with Crippen LogP contribution in [0.1, 0.15) is 168 Å². The summed E-state index contributed by atoms with van der Waals surface area (Å²) in [6.45, 7) is 11.0. The van der Waals surface area contributed by atoms with Gasteiger partial charge in [0.2, 0.25) is 0 Å². The molecule has 0 aromatic rings. The fourth-order valence-corrected chi connectivity index (χ4v) is 6.23. The summed E-state index contributed by atoms with van der Waals surface area (Å²) in [5.74, 6) is 0.645. The molecule has 49 heavy (non-hydrogen) atoms. The van der Waals surface area contributed by atoms with Crippen LogP contribution in [0.2, 0.25) is 0 Å². The first-order valence-corrected chi connectivity index (χ1v) is 21.1. The second-order valence-corrected chi connectivity index (χ2v) is 14.4. The van der Waals surface area contributed by atoms with Crippen LogP contribution in [-0.2, 0) is 19.1 Å². The molecule has 0 saturated carbocycles. The third kappa shape index (κ3) is 34.4. The molecule has 1 amide bonds. The summed E-state index contributed by atoms with van der Waals surface area (Å²) < 4.78 is 10.7. The summed E-state index contributed by atoms with van der Waals surface area (Å²) in [6, 6.07) is 0. The molecule has 0 unspecified atom stereocenters. The molecular formula is C41H76N2O5S. The molecule has 0 spiro atoms. The molecule has 0 aromatic carbocycles. The van der Waals surface area contributed by atoms with Gasteiger partial charge in [0, 0.05) is 31.7 Å². The number of rotatable bonds is 35. The van der Waals surface area contributed by atoms with Crippen LogP contribution in [0, 0.1) is 0 Å². The highest BCUT2D eigenvalue weighted by Crippen LogP contribution is 2.16. The minimum absolute atomic E-state index is 0.106. The SMILES string of the molecule is CCCCCC/C=C\COC(=O)CCCCCCCN(CCCCCCCC(=O)OC/C=C\CCCCCC)C(=O)SCCCN(C)CC. The van der Waals surface area contributed by atoms with Crippen LogP contribution in [0.15, 0.2) is 24.3 Å². The molecule has 0 saturated heterocycles. The minimum Gasteiger partial charge on any atom is -0.461 e. The van der Waals surface area contributed by atoms with Gasteiger partial charge in [0.25, 0.3) is 5.24 Å². The van der Waals surface area contributed by atoms with Gasteiger partial charge in [-0.3, -0.25) is 14.4 Å². The molecule has 0 N–H and O–H groups in total. The second-order valence-electron chi connectivity index (χ2n) is 13.4. The van der Waals surface area contributed by atoms with E-state index in [-0.39, 0.29) is 17.2 Å². The topological polar surface area (TPSA) is 76.1 Å². The quantitative estimate of drug-likeness (QED) is 0.0368. The van der Waals surface area contributed by atoms with Crippen molar-refractivity contribution in [2.45, 2.75) is 168 Å². The number of hydrogen-bond donors (Lipinski definition) is 0. The van der Waals surface area contributed by atoms with E-state index in [1.807, 2.05) is 12.2 Å². The molecule has 0 heterocycles. The first-order valence-electron chi connectivity index (χ1n) is 20.2. The number of hydrogen-bond acceptors (Lipinski definition) is 7. The molecule has 8 heteroatoms. The van der Waals surface area contributed by atoms with Crippen LogP contribution < -0.4 is 0 Å². The minimum atomic E-state index is -0.106. The number of carbonyl (C=O) groups is 3. The van der Waals surface area contributed by atoms with Gasteiger partial charge in [-0.1, -0.05) is 134 Å². The summed E-state index contributed by atoms with van der Waals surface area (Å²) in [7, 11) is 2.12. The monoisotopic (exact) mass is 709 g/mol. The van der Waals surface area contributed by atoms with Gasteiger partial charge in [-0.15, -0.1) is 0 Å². The van der Waals surface area contributed by atoms with Crippen LogP contribution in [-0.4, -0.2) is 79.2 Å². The van der Waals surface area contributed by atoms with Crippen molar-refractivity contribution in [3.05, 3.63) is 24.3 Å². The first-order chi connectivity index (χ1) is 23.9. The largest absolute Gasteiger partial charge is 0.461 e. The lowest BCUT2D eigenvalue weighted by molar-refractivity contribution is -0.143.